The average molecular weight is 382 g/mol. The van der Waals surface area contributed by atoms with Crippen molar-refractivity contribution in [3.05, 3.63) is 60.7 Å². The Morgan fingerprint density at radius 2 is 1.52 bits per heavy atom. The fraction of sp³-hybridized carbons (Fsp3) is 0.227. The molecule has 0 aliphatic carbocycles. The lowest BCUT2D eigenvalue weighted by atomic mass is 10.1. The summed E-state index contributed by atoms with van der Waals surface area (Å²) in [6, 6.07) is 19.1. The third-order valence-corrected chi connectivity index (χ3v) is 5.32. The minimum Gasteiger partial charge on any atom is -0.503 e. The van der Waals surface area contributed by atoms with Gasteiger partial charge in [-0.15, -0.1) is 11.3 Å². The van der Waals surface area contributed by atoms with E-state index in [0.717, 1.165) is 30.4 Å². The Hall–Kier alpha value is -2.79. The van der Waals surface area contributed by atoms with Crippen molar-refractivity contribution in [3.8, 4) is 32.4 Å². The van der Waals surface area contributed by atoms with Crippen molar-refractivity contribution in [2.24, 2.45) is 0 Å². The lowest BCUT2D eigenvalue weighted by molar-refractivity contribution is 0.0967. The van der Waals surface area contributed by atoms with Gasteiger partial charge in [-0.2, -0.15) is 0 Å². The van der Waals surface area contributed by atoms with Crippen LogP contribution in [0.2, 0.25) is 0 Å². The molecule has 3 aromatic rings. The standard InChI is InChI=1S/C22H22O4S/c1-2-3-10-15-25-22(24)26-19-18(23)20(16-11-6-4-7-12-16)27-21(19)17-13-8-5-9-14-17/h4-9,11-14,23H,2-3,10,15H2,1H3. The highest BCUT2D eigenvalue weighted by Gasteiger charge is 2.24. The van der Waals surface area contributed by atoms with Crippen LogP contribution in [0.25, 0.3) is 20.9 Å². The molecule has 0 atom stereocenters. The van der Waals surface area contributed by atoms with Gasteiger partial charge in [0.25, 0.3) is 0 Å². The van der Waals surface area contributed by atoms with E-state index < -0.39 is 6.16 Å². The second-order valence-corrected chi connectivity index (χ2v) is 7.10. The minimum atomic E-state index is -0.795. The summed E-state index contributed by atoms with van der Waals surface area (Å²) in [5.41, 5.74) is 1.73. The van der Waals surface area contributed by atoms with Gasteiger partial charge < -0.3 is 14.6 Å². The molecule has 3 rings (SSSR count). The van der Waals surface area contributed by atoms with Crippen LogP contribution >= 0.6 is 11.3 Å². The Labute approximate surface area is 163 Å². The van der Waals surface area contributed by atoms with E-state index in [4.69, 9.17) is 9.47 Å². The molecule has 0 spiro atoms. The first-order valence-electron chi connectivity index (χ1n) is 9.02. The number of carbonyl (C=O) groups is 1. The van der Waals surface area contributed by atoms with Crippen LogP contribution in [-0.2, 0) is 4.74 Å². The van der Waals surface area contributed by atoms with E-state index in [0.29, 0.717) is 16.4 Å². The van der Waals surface area contributed by atoms with Gasteiger partial charge in [0.05, 0.1) is 16.4 Å². The second kappa shape index (κ2) is 9.24. The Bertz CT molecular complexity index is 872. The molecule has 0 unspecified atom stereocenters. The third kappa shape index (κ3) is 4.68. The predicted molar refractivity (Wildman–Crippen MR) is 108 cm³/mol. The van der Waals surface area contributed by atoms with Gasteiger partial charge in [0.2, 0.25) is 0 Å². The monoisotopic (exact) mass is 382 g/mol. The first kappa shape index (κ1) is 19.0. The Morgan fingerprint density at radius 1 is 0.926 bits per heavy atom. The highest BCUT2D eigenvalue weighted by Crippen LogP contribution is 2.51. The van der Waals surface area contributed by atoms with Gasteiger partial charge in [-0.1, -0.05) is 80.4 Å². The molecule has 0 bridgehead atoms. The summed E-state index contributed by atoms with van der Waals surface area (Å²) < 4.78 is 10.6. The maximum atomic E-state index is 12.1. The summed E-state index contributed by atoms with van der Waals surface area (Å²) in [4.78, 5) is 13.5. The number of unbranched alkanes of at least 4 members (excludes halogenated alkanes) is 2. The van der Waals surface area contributed by atoms with Crippen LogP contribution in [0.1, 0.15) is 26.2 Å². The number of aromatic hydroxyl groups is 1. The molecule has 140 valence electrons. The van der Waals surface area contributed by atoms with Gasteiger partial charge >= 0.3 is 6.16 Å². The average Bonchev–Trinajstić information content (AvgIpc) is 3.03. The Kier molecular flexibility index (Phi) is 6.49. The molecule has 0 radical (unpaired) electrons. The zero-order chi connectivity index (χ0) is 19.1. The molecular formula is C22H22O4S. The van der Waals surface area contributed by atoms with Gasteiger partial charge in [-0.25, -0.2) is 4.79 Å². The lowest BCUT2D eigenvalue weighted by Crippen LogP contribution is -2.11. The van der Waals surface area contributed by atoms with E-state index in [-0.39, 0.29) is 11.5 Å². The normalized spacial score (nSPS) is 10.6. The predicted octanol–water partition coefficient (Wildman–Crippen LogP) is 6.49. The maximum Gasteiger partial charge on any atom is 0.514 e. The molecule has 5 heteroatoms. The van der Waals surface area contributed by atoms with Crippen LogP contribution in [0.3, 0.4) is 0 Å². The van der Waals surface area contributed by atoms with E-state index in [1.165, 1.54) is 11.3 Å². The van der Waals surface area contributed by atoms with Crippen molar-refractivity contribution in [1.29, 1.82) is 0 Å². The van der Waals surface area contributed by atoms with Crippen LogP contribution in [0.5, 0.6) is 11.5 Å². The minimum absolute atomic E-state index is 0.0458. The van der Waals surface area contributed by atoms with Gasteiger partial charge in [-0.3, -0.25) is 0 Å². The number of benzene rings is 2. The van der Waals surface area contributed by atoms with Crippen LogP contribution < -0.4 is 4.74 Å². The van der Waals surface area contributed by atoms with Crippen LogP contribution in [0, 0.1) is 0 Å². The number of thiophene rings is 1. The van der Waals surface area contributed by atoms with Crippen molar-refractivity contribution in [1.82, 2.24) is 0 Å². The third-order valence-electron chi connectivity index (χ3n) is 4.07. The fourth-order valence-corrected chi connectivity index (χ4v) is 3.82. The van der Waals surface area contributed by atoms with E-state index >= 15 is 0 Å². The smallest absolute Gasteiger partial charge is 0.503 e. The number of ether oxygens (including phenoxy) is 2. The Balaban J connectivity index is 1.91. The number of hydrogen-bond acceptors (Lipinski definition) is 5. The molecule has 2 aromatic carbocycles. The second-order valence-electron chi connectivity index (χ2n) is 6.08. The summed E-state index contributed by atoms with van der Waals surface area (Å²) in [5.74, 6) is 0.0982. The molecule has 0 fully saturated rings. The zero-order valence-electron chi connectivity index (χ0n) is 15.2. The molecular weight excluding hydrogens is 360 g/mol. The van der Waals surface area contributed by atoms with Gasteiger partial charge in [0.1, 0.15) is 0 Å². The number of rotatable bonds is 7. The van der Waals surface area contributed by atoms with Crippen molar-refractivity contribution in [2.45, 2.75) is 26.2 Å². The van der Waals surface area contributed by atoms with Crippen molar-refractivity contribution < 1.29 is 19.4 Å². The Morgan fingerprint density at radius 3 is 2.11 bits per heavy atom. The van der Waals surface area contributed by atoms with E-state index in [9.17, 15) is 9.90 Å². The highest BCUT2D eigenvalue weighted by molar-refractivity contribution is 7.19. The number of carbonyl (C=O) groups excluding carboxylic acids is 1. The molecule has 0 aliphatic rings. The van der Waals surface area contributed by atoms with Gasteiger partial charge in [0, 0.05) is 0 Å². The first-order valence-corrected chi connectivity index (χ1v) is 9.83. The quantitative estimate of drug-likeness (QED) is 0.375. The highest BCUT2D eigenvalue weighted by atomic mass is 32.1. The first-order chi connectivity index (χ1) is 13.2. The molecule has 0 aliphatic heterocycles. The summed E-state index contributed by atoms with van der Waals surface area (Å²) in [7, 11) is 0. The van der Waals surface area contributed by atoms with Crippen molar-refractivity contribution >= 4 is 17.5 Å². The fourth-order valence-electron chi connectivity index (χ4n) is 2.69. The molecule has 1 heterocycles. The number of hydrogen-bond donors (Lipinski definition) is 1. The molecule has 1 aromatic heterocycles. The molecule has 0 amide bonds. The van der Waals surface area contributed by atoms with Gasteiger partial charge in [0.15, 0.2) is 11.5 Å². The van der Waals surface area contributed by atoms with Gasteiger partial charge in [-0.05, 0) is 17.5 Å². The summed E-state index contributed by atoms with van der Waals surface area (Å²) in [6.45, 7) is 2.39. The molecule has 0 saturated carbocycles. The van der Waals surface area contributed by atoms with E-state index in [1.807, 2.05) is 60.7 Å². The van der Waals surface area contributed by atoms with Crippen molar-refractivity contribution in [2.75, 3.05) is 6.61 Å². The summed E-state index contributed by atoms with van der Waals surface area (Å²) in [6.07, 6.45) is 2.03. The summed E-state index contributed by atoms with van der Waals surface area (Å²) in [5, 5.41) is 10.8. The molecule has 4 nitrogen and oxygen atoms in total. The van der Waals surface area contributed by atoms with Crippen LogP contribution in [-0.4, -0.2) is 17.9 Å². The van der Waals surface area contributed by atoms with E-state index in [2.05, 4.69) is 6.92 Å². The zero-order valence-corrected chi connectivity index (χ0v) is 16.0. The lowest BCUT2D eigenvalue weighted by Gasteiger charge is -2.07. The SMILES string of the molecule is CCCCCOC(=O)Oc1c(-c2ccccc2)sc(-c2ccccc2)c1O. The van der Waals surface area contributed by atoms with E-state index in [1.54, 1.807) is 0 Å². The molecule has 1 N–H and O–H groups in total. The molecule has 0 saturated heterocycles. The van der Waals surface area contributed by atoms with Crippen LogP contribution in [0.15, 0.2) is 60.7 Å². The van der Waals surface area contributed by atoms with Crippen LogP contribution in [0.4, 0.5) is 4.79 Å². The largest absolute Gasteiger partial charge is 0.514 e. The summed E-state index contributed by atoms with van der Waals surface area (Å²) >= 11 is 1.38. The topological polar surface area (TPSA) is 55.8 Å². The van der Waals surface area contributed by atoms with Crippen molar-refractivity contribution in [3.63, 3.8) is 0 Å². The molecule has 27 heavy (non-hydrogen) atoms. The maximum absolute atomic E-state index is 12.1.